The number of halogens is 2. The number of thiazole rings is 2. The second kappa shape index (κ2) is 8.75. The van der Waals surface area contributed by atoms with E-state index < -0.39 is 5.95 Å². The van der Waals surface area contributed by atoms with Crippen LogP contribution in [-0.4, -0.2) is 49.4 Å². The lowest BCUT2D eigenvalue weighted by molar-refractivity contribution is 0.161. The molecule has 5 rings (SSSR count). The third-order valence-corrected chi connectivity index (χ3v) is 8.27. The van der Waals surface area contributed by atoms with Crippen molar-refractivity contribution < 1.29 is 9.50 Å². The van der Waals surface area contributed by atoms with E-state index in [2.05, 4.69) is 55.2 Å². The van der Waals surface area contributed by atoms with Gasteiger partial charge in [0.1, 0.15) is 10.8 Å². The molecule has 0 atom stereocenters. The van der Waals surface area contributed by atoms with Crippen molar-refractivity contribution in [2.24, 2.45) is 0 Å². The summed E-state index contributed by atoms with van der Waals surface area (Å²) in [5, 5.41) is 21.9. The molecule has 1 aliphatic heterocycles. The molecule has 0 saturated carbocycles. The van der Waals surface area contributed by atoms with Crippen LogP contribution in [0.2, 0.25) is 0 Å². The second-order valence-electron chi connectivity index (χ2n) is 10.0. The van der Waals surface area contributed by atoms with E-state index in [1.807, 2.05) is 0 Å². The summed E-state index contributed by atoms with van der Waals surface area (Å²) in [7, 11) is 2.12. The third-order valence-electron chi connectivity index (χ3n) is 6.11. The van der Waals surface area contributed by atoms with Crippen LogP contribution in [0.15, 0.2) is 24.4 Å². The summed E-state index contributed by atoms with van der Waals surface area (Å²) in [5.74, 6) is -0.482. The Bertz CT molecular complexity index is 1280. The fraction of sp³-hybridized carbons (Fsp3) is 0.435. The van der Waals surface area contributed by atoms with Gasteiger partial charge < -0.3 is 15.3 Å². The summed E-state index contributed by atoms with van der Waals surface area (Å²) in [6.45, 7) is 9.01. The number of rotatable bonds is 4. The Morgan fingerprint density at radius 3 is 2.32 bits per heavy atom. The summed E-state index contributed by atoms with van der Waals surface area (Å²) >= 11 is 3.03. The van der Waals surface area contributed by atoms with Crippen LogP contribution in [0.4, 0.5) is 9.52 Å². The molecule has 11 heteroatoms. The first-order valence-electron chi connectivity index (χ1n) is 10.8. The van der Waals surface area contributed by atoms with Gasteiger partial charge >= 0.3 is 0 Å². The molecule has 0 bridgehead atoms. The van der Waals surface area contributed by atoms with Gasteiger partial charge in [-0.1, -0.05) is 28.7 Å². The van der Waals surface area contributed by atoms with Crippen molar-refractivity contribution in [1.29, 1.82) is 0 Å². The number of fused-ring (bicyclic) bond motifs is 1. The highest BCUT2D eigenvalue weighted by molar-refractivity contribution is 7.29. The number of phenols is 1. The fourth-order valence-electron chi connectivity index (χ4n) is 4.95. The van der Waals surface area contributed by atoms with Gasteiger partial charge in [-0.15, -0.1) is 12.4 Å². The molecule has 1 aromatic carbocycles. The maximum absolute atomic E-state index is 13.8. The number of aromatic amines is 1. The molecule has 0 radical (unpaired) electrons. The molecule has 3 aromatic heterocycles. The molecular formula is C23H28ClFN6OS2. The lowest BCUT2D eigenvalue weighted by Crippen LogP contribution is -2.61. The van der Waals surface area contributed by atoms with Gasteiger partial charge in [-0.05, 0) is 58.2 Å². The van der Waals surface area contributed by atoms with Gasteiger partial charge in [0.25, 0.3) is 0 Å². The number of aromatic nitrogens is 4. The lowest BCUT2D eigenvalue weighted by Gasteiger charge is -2.48. The Morgan fingerprint density at radius 2 is 1.74 bits per heavy atom. The van der Waals surface area contributed by atoms with Crippen molar-refractivity contribution in [3.05, 3.63) is 30.3 Å². The fourth-order valence-corrected chi connectivity index (χ4v) is 7.05. The van der Waals surface area contributed by atoms with Crippen LogP contribution >= 0.6 is 35.1 Å². The molecule has 4 aromatic rings. The summed E-state index contributed by atoms with van der Waals surface area (Å²) < 4.78 is 13.8. The molecule has 1 aliphatic rings. The largest absolute Gasteiger partial charge is 0.507 e. The van der Waals surface area contributed by atoms with E-state index in [-0.39, 0.29) is 29.2 Å². The minimum Gasteiger partial charge on any atom is -0.507 e. The number of H-pyrrole nitrogens is 1. The van der Waals surface area contributed by atoms with Crippen molar-refractivity contribution in [1.82, 2.24) is 25.5 Å². The first kappa shape index (κ1) is 24.8. The average Bonchev–Trinajstić information content (AvgIpc) is 3.39. The molecule has 0 spiro atoms. The lowest BCUT2D eigenvalue weighted by atomic mass is 9.79. The number of hydrogen-bond donors (Lipinski definition) is 3. The Labute approximate surface area is 211 Å². The quantitative estimate of drug-likeness (QED) is 0.313. The standard InChI is InChI=1S/C23H27FN6OS2.ClH/c1-22(2)9-13(10-23(3,4)29-22)30(5)21-27-20-19(33-21)26-18(32-20)14-7-6-12(8-16(14)31)15-11-25-28-17(15)24;/h6-8,11,13,29,31H,9-10H2,1-5H3,(H,25,28);1H. The van der Waals surface area contributed by atoms with E-state index in [9.17, 15) is 9.50 Å². The zero-order valence-corrected chi connectivity index (χ0v) is 22.1. The number of piperidine rings is 1. The van der Waals surface area contributed by atoms with Gasteiger partial charge in [0.05, 0.1) is 17.3 Å². The first-order chi connectivity index (χ1) is 15.5. The number of phenolic OH excluding ortho intramolecular Hbond substituents is 1. The molecule has 1 fully saturated rings. The number of hydrogen-bond acceptors (Lipinski definition) is 8. The summed E-state index contributed by atoms with van der Waals surface area (Å²) in [5.41, 5.74) is 1.59. The normalized spacial score (nSPS) is 17.6. The molecule has 0 unspecified atom stereocenters. The Kier molecular flexibility index (Phi) is 6.39. The minimum atomic E-state index is -0.529. The van der Waals surface area contributed by atoms with Crippen molar-refractivity contribution in [2.45, 2.75) is 57.7 Å². The van der Waals surface area contributed by atoms with Gasteiger partial charge in [-0.3, -0.25) is 5.10 Å². The molecule has 3 N–H and O–H groups in total. The van der Waals surface area contributed by atoms with Crippen LogP contribution in [-0.2, 0) is 0 Å². The minimum absolute atomic E-state index is 0. The van der Waals surface area contributed by atoms with Crippen molar-refractivity contribution >= 4 is 49.9 Å². The van der Waals surface area contributed by atoms with Gasteiger partial charge in [0.15, 0.2) is 14.8 Å². The first-order valence-corrected chi connectivity index (χ1v) is 12.5. The highest BCUT2D eigenvalue weighted by Crippen LogP contribution is 2.41. The summed E-state index contributed by atoms with van der Waals surface area (Å²) in [6, 6.07) is 5.43. The van der Waals surface area contributed by atoms with Gasteiger partial charge in [0.2, 0.25) is 5.95 Å². The maximum atomic E-state index is 13.8. The van der Waals surface area contributed by atoms with Crippen LogP contribution in [0.25, 0.3) is 31.4 Å². The Balaban J connectivity index is 0.00000274. The van der Waals surface area contributed by atoms with E-state index in [0.29, 0.717) is 27.7 Å². The van der Waals surface area contributed by atoms with E-state index in [0.717, 1.165) is 27.6 Å². The molecular weight excluding hydrogens is 495 g/mol. The molecule has 4 heterocycles. The molecule has 0 aliphatic carbocycles. The molecule has 34 heavy (non-hydrogen) atoms. The average molecular weight is 523 g/mol. The zero-order valence-electron chi connectivity index (χ0n) is 19.6. The smallest absolute Gasteiger partial charge is 0.216 e. The van der Waals surface area contributed by atoms with E-state index >= 15 is 0 Å². The topological polar surface area (TPSA) is 90.0 Å². The number of anilines is 1. The molecule has 182 valence electrons. The number of benzene rings is 1. The monoisotopic (exact) mass is 522 g/mol. The highest BCUT2D eigenvalue weighted by atomic mass is 35.5. The molecule has 1 saturated heterocycles. The molecule has 0 amide bonds. The highest BCUT2D eigenvalue weighted by Gasteiger charge is 2.39. The number of nitrogens with one attached hydrogen (secondary N) is 2. The maximum Gasteiger partial charge on any atom is 0.216 e. The van der Waals surface area contributed by atoms with Crippen LogP contribution < -0.4 is 10.2 Å². The van der Waals surface area contributed by atoms with Crippen molar-refractivity contribution in [3.8, 4) is 27.4 Å². The van der Waals surface area contributed by atoms with Crippen molar-refractivity contribution in [3.63, 3.8) is 0 Å². The Hall–Kier alpha value is -2.27. The Morgan fingerprint density at radius 1 is 1.06 bits per heavy atom. The van der Waals surface area contributed by atoms with Crippen molar-refractivity contribution in [2.75, 3.05) is 11.9 Å². The van der Waals surface area contributed by atoms with E-state index in [1.165, 1.54) is 23.6 Å². The van der Waals surface area contributed by atoms with E-state index in [4.69, 9.17) is 9.97 Å². The van der Waals surface area contributed by atoms with Crippen LogP contribution in [0.3, 0.4) is 0 Å². The summed E-state index contributed by atoms with van der Waals surface area (Å²) in [6.07, 6.45) is 3.47. The second-order valence-corrected chi connectivity index (χ2v) is 12.0. The van der Waals surface area contributed by atoms with E-state index in [1.54, 1.807) is 23.5 Å². The van der Waals surface area contributed by atoms with Crippen LogP contribution in [0.1, 0.15) is 40.5 Å². The third kappa shape index (κ3) is 4.64. The van der Waals surface area contributed by atoms with Gasteiger partial charge in [-0.2, -0.15) is 9.49 Å². The SMILES string of the molecule is CN(c1nc2sc(-c3ccc(-c4cn[nH]c4F)cc3O)nc2s1)C1CC(C)(C)NC(C)(C)C1.Cl. The number of nitrogens with zero attached hydrogens (tertiary/aromatic N) is 4. The van der Waals surface area contributed by atoms with Gasteiger partial charge in [-0.25, -0.2) is 9.97 Å². The predicted octanol–water partition coefficient (Wildman–Crippen LogP) is 5.82. The van der Waals surface area contributed by atoms with Gasteiger partial charge in [0, 0.05) is 24.2 Å². The van der Waals surface area contributed by atoms with Crippen LogP contribution in [0.5, 0.6) is 5.75 Å². The predicted molar refractivity (Wildman–Crippen MR) is 140 cm³/mol. The number of aromatic hydroxyl groups is 1. The summed E-state index contributed by atoms with van der Waals surface area (Å²) in [4.78, 5) is 13.6. The van der Waals surface area contributed by atoms with Crippen LogP contribution in [0, 0.1) is 5.95 Å². The zero-order chi connectivity index (χ0) is 23.5. The molecule has 7 nitrogen and oxygen atoms in total.